The highest BCUT2D eigenvalue weighted by atomic mass is 19.4. The molecule has 0 spiro atoms. The molecule has 2 aromatic heterocycles. The number of hydrazine groups is 1. The molecule has 0 saturated heterocycles. The average Bonchev–Trinajstić information content (AvgIpc) is 3.20. The summed E-state index contributed by atoms with van der Waals surface area (Å²) in [5.74, 6) is -0.972. The molecule has 0 aliphatic rings. The van der Waals surface area contributed by atoms with E-state index in [1.165, 1.54) is 6.92 Å². The maximum absolute atomic E-state index is 12.6. The van der Waals surface area contributed by atoms with Crippen molar-refractivity contribution in [3.8, 4) is 11.3 Å². The minimum atomic E-state index is -4.51. The molecule has 3 aromatic rings. The summed E-state index contributed by atoms with van der Waals surface area (Å²) in [6.45, 7) is 4.84. The highest BCUT2D eigenvalue weighted by Gasteiger charge is 2.30. The van der Waals surface area contributed by atoms with E-state index in [9.17, 15) is 22.8 Å². The van der Waals surface area contributed by atoms with Gasteiger partial charge in [0, 0.05) is 5.56 Å². The summed E-state index contributed by atoms with van der Waals surface area (Å²) in [5.41, 5.74) is 4.67. The van der Waals surface area contributed by atoms with Crippen LogP contribution in [0, 0.1) is 20.8 Å². The number of halogens is 3. The number of carbonyl (C=O) groups is 2. The number of carbonyl (C=O) groups excluding carboxylic acids is 2. The molecular weight excluding hydrogens is 393 g/mol. The predicted molar refractivity (Wildman–Crippen MR) is 92.6 cm³/mol. The summed E-state index contributed by atoms with van der Waals surface area (Å²) >= 11 is 0. The molecule has 0 aliphatic heterocycles. The molecule has 0 unspecified atom stereocenters. The van der Waals surface area contributed by atoms with Gasteiger partial charge in [0.15, 0.2) is 5.76 Å². The Morgan fingerprint density at radius 2 is 1.48 bits per heavy atom. The van der Waals surface area contributed by atoms with E-state index in [0.717, 1.165) is 24.3 Å². The lowest BCUT2D eigenvalue weighted by Crippen LogP contribution is -2.41. The molecule has 1 aromatic carbocycles. The van der Waals surface area contributed by atoms with Gasteiger partial charge in [-0.25, -0.2) is 0 Å². The maximum atomic E-state index is 12.6. The van der Waals surface area contributed by atoms with Crippen molar-refractivity contribution in [3.05, 3.63) is 58.1 Å². The molecule has 0 radical (unpaired) electrons. The summed E-state index contributed by atoms with van der Waals surface area (Å²) in [7, 11) is 0. The summed E-state index contributed by atoms with van der Waals surface area (Å²) in [6.07, 6.45) is -4.51. The first-order valence-corrected chi connectivity index (χ1v) is 8.27. The summed E-state index contributed by atoms with van der Waals surface area (Å²) in [4.78, 5) is 24.7. The van der Waals surface area contributed by atoms with E-state index in [0.29, 0.717) is 17.0 Å². The Balaban J connectivity index is 1.75. The molecule has 8 nitrogen and oxygen atoms in total. The summed E-state index contributed by atoms with van der Waals surface area (Å²) in [5, 5.41) is 7.57. The first kappa shape index (κ1) is 20.1. The molecule has 2 amide bonds. The molecule has 0 aliphatic carbocycles. The highest BCUT2D eigenvalue weighted by Crippen LogP contribution is 2.31. The van der Waals surface area contributed by atoms with Crippen LogP contribution in [0.25, 0.3) is 11.3 Å². The number of nitrogens with zero attached hydrogens (tertiary/aromatic N) is 2. The standard InChI is InChI=1S/C18H15F3N4O4/c1-8-13(10(3)28-24-8)15-14(9(2)25-29-15)17(27)23-22-16(26)11-4-6-12(7-5-11)18(19,20)21/h4-7H,1-3H3,(H,22,26)(H,23,27). The van der Waals surface area contributed by atoms with Gasteiger partial charge in [-0.1, -0.05) is 10.3 Å². The monoisotopic (exact) mass is 408 g/mol. The first-order valence-electron chi connectivity index (χ1n) is 8.27. The number of aromatic nitrogens is 2. The van der Waals surface area contributed by atoms with Crippen LogP contribution in [0.4, 0.5) is 13.2 Å². The smallest absolute Gasteiger partial charge is 0.361 e. The number of amides is 2. The van der Waals surface area contributed by atoms with E-state index in [4.69, 9.17) is 9.05 Å². The Morgan fingerprint density at radius 1 is 0.897 bits per heavy atom. The molecule has 0 fully saturated rings. The van der Waals surface area contributed by atoms with Gasteiger partial charge in [-0.15, -0.1) is 0 Å². The Bertz CT molecular complexity index is 1050. The number of benzene rings is 1. The number of hydrogen-bond donors (Lipinski definition) is 2. The number of rotatable bonds is 3. The molecule has 0 bridgehead atoms. The van der Waals surface area contributed by atoms with Crippen LogP contribution in [-0.4, -0.2) is 22.1 Å². The van der Waals surface area contributed by atoms with Crippen LogP contribution in [0.3, 0.4) is 0 Å². The van der Waals surface area contributed by atoms with Crippen molar-refractivity contribution in [2.24, 2.45) is 0 Å². The second-order valence-electron chi connectivity index (χ2n) is 6.15. The number of hydrogen-bond acceptors (Lipinski definition) is 6. The quantitative estimate of drug-likeness (QED) is 0.643. The van der Waals surface area contributed by atoms with E-state index in [-0.39, 0.29) is 22.6 Å². The number of nitrogens with one attached hydrogen (secondary N) is 2. The van der Waals surface area contributed by atoms with Gasteiger partial charge in [0.05, 0.1) is 22.5 Å². The molecule has 29 heavy (non-hydrogen) atoms. The van der Waals surface area contributed by atoms with Crippen molar-refractivity contribution in [1.82, 2.24) is 21.2 Å². The van der Waals surface area contributed by atoms with Crippen molar-refractivity contribution in [2.45, 2.75) is 26.9 Å². The van der Waals surface area contributed by atoms with Crippen LogP contribution < -0.4 is 10.9 Å². The lowest BCUT2D eigenvalue weighted by atomic mass is 10.1. The normalized spacial score (nSPS) is 11.4. The third-order valence-electron chi connectivity index (χ3n) is 4.11. The SMILES string of the molecule is Cc1noc(-c2c(C)noc2C)c1C(=O)NNC(=O)c1ccc(C(F)(F)F)cc1. The minimum Gasteiger partial charge on any atom is -0.361 e. The molecule has 3 rings (SSSR count). The minimum absolute atomic E-state index is 0.0621. The zero-order chi connectivity index (χ0) is 21.3. The fraction of sp³-hybridized carbons (Fsp3) is 0.222. The Morgan fingerprint density at radius 3 is 2.03 bits per heavy atom. The lowest BCUT2D eigenvalue weighted by molar-refractivity contribution is -0.137. The van der Waals surface area contributed by atoms with E-state index in [2.05, 4.69) is 21.2 Å². The average molecular weight is 408 g/mol. The molecule has 0 atom stereocenters. The van der Waals surface area contributed by atoms with Crippen LogP contribution in [0.15, 0.2) is 33.3 Å². The zero-order valence-electron chi connectivity index (χ0n) is 15.5. The second-order valence-corrected chi connectivity index (χ2v) is 6.15. The van der Waals surface area contributed by atoms with Gasteiger partial charge >= 0.3 is 6.18 Å². The first-order chi connectivity index (χ1) is 13.6. The molecule has 2 heterocycles. The van der Waals surface area contributed by atoms with E-state index >= 15 is 0 Å². The Hall–Kier alpha value is -3.63. The predicted octanol–water partition coefficient (Wildman–Crippen LogP) is 3.35. The lowest BCUT2D eigenvalue weighted by Gasteiger charge is -2.09. The zero-order valence-corrected chi connectivity index (χ0v) is 15.5. The summed E-state index contributed by atoms with van der Waals surface area (Å²) in [6, 6.07) is 3.56. The van der Waals surface area contributed by atoms with E-state index < -0.39 is 23.6 Å². The van der Waals surface area contributed by atoms with Gasteiger partial charge in [-0.2, -0.15) is 13.2 Å². The van der Waals surface area contributed by atoms with Crippen molar-refractivity contribution < 1.29 is 31.8 Å². The van der Waals surface area contributed by atoms with Gasteiger partial charge in [0.25, 0.3) is 11.8 Å². The van der Waals surface area contributed by atoms with Crippen LogP contribution in [0.1, 0.15) is 43.4 Å². The third kappa shape index (κ3) is 3.98. The fourth-order valence-corrected chi connectivity index (χ4v) is 2.67. The van der Waals surface area contributed by atoms with Crippen LogP contribution in [-0.2, 0) is 6.18 Å². The maximum Gasteiger partial charge on any atom is 0.416 e. The van der Waals surface area contributed by atoms with Crippen LogP contribution in [0.2, 0.25) is 0 Å². The number of alkyl halides is 3. The Kier molecular flexibility index (Phi) is 5.14. The molecule has 152 valence electrons. The van der Waals surface area contributed by atoms with Gasteiger partial charge in [0.2, 0.25) is 0 Å². The third-order valence-corrected chi connectivity index (χ3v) is 4.11. The van der Waals surface area contributed by atoms with Crippen molar-refractivity contribution in [3.63, 3.8) is 0 Å². The summed E-state index contributed by atoms with van der Waals surface area (Å²) < 4.78 is 48.1. The van der Waals surface area contributed by atoms with Crippen LogP contribution >= 0.6 is 0 Å². The van der Waals surface area contributed by atoms with Crippen LogP contribution in [0.5, 0.6) is 0 Å². The van der Waals surface area contributed by atoms with Gasteiger partial charge in [-0.3, -0.25) is 20.4 Å². The molecule has 11 heteroatoms. The Labute approximate surface area is 162 Å². The van der Waals surface area contributed by atoms with Crippen molar-refractivity contribution in [2.75, 3.05) is 0 Å². The van der Waals surface area contributed by atoms with Gasteiger partial charge in [0.1, 0.15) is 11.3 Å². The number of aryl methyl sites for hydroxylation is 3. The molecule has 0 saturated carbocycles. The molecule has 2 N–H and O–H groups in total. The largest absolute Gasteiger partial charge is 0.416 e. The fourth-order valence-electron chi connectivity index (χ4n) is 2.67. The van der Waals surface area contributed by atoms with E-state index in [1.54, 1.807) is 13.8 Å². The second kappa shape index (κ2) is 7.41. The topological polar surface area (TPSA) is 110 Å². The van der Waals surface area contributed by atoms with E-state index in [1.807, 2.05) is 0 Å². The van der Waals surface area contributed by atoms with Crippen molar-refractivity contribution >= 4 is 11.8 Å². The molecular formula is C18H15F3N4O4. The van der Waals surface area contributed by atoms with Gasteiger partial charge < -0.3 is 9.05 Å². The van der Waals surface area contributed by atoms with Crippen molar-refractivity contribution in [1.29, 1.82) is 0 Å². The highest BCUT2D eigenvalue weighted by molar-refractivity contribution is 6.03. The van der Waals surface area contributed by atoms with Gasteiger partial charge in [-0.05, 0) is 45.0 Å².